The summed E-state index contributed by atoms with van der Waals surface area (Å²) in [4.78, 5) is 4.37. The molecular formula is C13H16ClN3O3. The fourth-order valence-electron chi connectivity index (χ4n) is 2.16. The second kappa shape index (κ2) is 6.21. The van der Waals surface area contributed by atoms with Gasteiger partial charge in [-0.15, -0.1) is 12.4 Å². The van der Waals surface area contributed by atoms with Crippen molar-refractivity contribution in [3.8, 4) is 17.1 Å². The summed E-state index contributed by atoms with van der Waals surface area (Å²) in [5.74, 6) is 1.78. The number of methoxy groups -OCH3 is 1. The smallest absolute Gasteiger partial charge is 0.244 e. The normalized spacial score (nSPS) is 21.5. The van der Waals surface area contributed by atoms with Crippen molar-refractivity contribution in [2.45, 2.75) is 18.6 Å². The molecule has 1 aliphatic heterocycles. The van der Waals surface area contributed by atoms with Gasteiger partial charge in [0.1, 0.15) is 5.75 Å². The Kier molecular flexibility index (Phi) is 4.59. The average molecular weight is 298 g/mol. The van der Waals surface area contributed by atoms with Gasteiger partial charge in [0, 0.05) is 12.1 Å². The SMILES string of the molecule is COc1cccc(-c2noc([C@H]3C[C@@H](O)CN3)n2)c1.Cl. The fraction of sp³-hybridized carbons (Fsp3) is 0.385. The molecule has 0 amide bonds. The minimum absolute atomic E-state index is 0. The highest BCUT2D eigenvalue weighted by molar-refractivity contribution is 5.85. The quantitative estimate of drug-likeness (QED) is 0.895. The number of hydrogen-bond acceptors (Lipinski definition) is 6. The van der Waals surface area contributed by atoms with Gasteiger partial charge in [0.05, 0.1) is 19.3 Å². The first-order valence-corrected chi connectivity index (χ1v) is 6.16. The van der Waals surface area contributed by atoms with Crippen molar-refractivity contribution in [2.75, 3.05) is 13.7 Å². The van der Waals surface area contributed by atoms with E-state index in [-0.39, 0.29) is 24.6 Å². The summed E-state index contributed by atoms with van der Waals surface area (Å²) in [6, 6.07) is 7.42. The van der Waals surface area contributed by atoms with Crippen LogP contribution in [0, 0.1) is 0 Å². The largest absolute Gasteiger partial charge is 0.497 e. The molecule has 1 saturated heterocycles. The van der Waals surface area contributed by atoms with E-state index in [0.29, 0.717) is 24.7 Å². The second-order valence-corrected chi connectivity index (χ2v) is 4.54. The molecule has 20 heavy (non-hydrogen) atoms. The highest BCUT2D eigenvalue weighted by Crippen LogP contribution is 2.26. The van der Waals surface area contributed by atoms with Crippen LogP contribution < -0.4 is 10.1 Å². The van der Waals surface area contributed by atoms with Gasteiger partial charge in [0.15, 0.2) is 0 Å². The van der Waals surface area contributed by atoms with E-state index in [1.54, 1.807) is 7.11 Å². The molecule has 1 aromatic carbocycles. The number of hydrogen-bond donors (Lipinski definition) is 2. The van der Waals surface area contributed by atoms with Crippen LogP contribution >= 0.6 is 12.4 Å². The Morgan fingerprint density at radius 1 is 1.45 bits per heavy atom. The topological polar surface area (TPSA) is 80.4 Å². The number of nitrogens with one attached hydrogen (secondary N) is 1. The molecule has 2 heterocycles. The molecule has 108 valence electrons. The number of nitrogens with zero attached hydrogens (tertiary/aromatic N) is 2. The summed E-state index contributed by atoms with van der Waals surface area (Å²) in [5, 5.41) is 16.6. The van der Waals surface area contributed by atoms with Gasteiger partial charge >= 0.3 is 0 Å². The lowest BCUT2D eigenvalue weighted by atomic mass is 10.2. The summed E-state index contributed by atoms with van der Waals surface area (Å²) < 4.78 is 10.4. The van der Waals surface area contributed by atoms with Gasteiger partial charge in [-0.25, -0.2) is 0 Å². The molecule has 2 aromatic rings. The van der Waals surface area contributed by atoms with Gasteiger partial charge in [0.25, 0.3) is 0 Å². The Labute approximate surface area is 122 Å². The predicted molar refractivity (Wildman–Crippen MR) is 74.9 cm³/mol. The molecule has 6 nitrogen and oxygen atoms in total. The number of halogens is 1. The van der Waals surface area contributed by atoms with Crippen molar-refractivity contribution in [3.05, 3.63) is 30.2 Å². The standard InChI is InChI=1S/C13H15N3O3.ClH/c1-18-10-4-2-3-8(5-10)12-15-13(19-16-12)11-6-9(17)7-14-11;/h2-5,9,11,14,17H,6-7H2,1H3;1H/t9-,11-;/m1./s1. The zero-order chi connectivity index (χ0) is 13.2. The van der Waals surface area contributed by atoms with Crippen LogP contribution in [0.15, 0.2) is 28.8 Å². The van der Waals surface area contributed by atoms with Crippen molar-refractivity contribution in [2.24, 2.45) is 0 Å². The van der Waals surface area contributed by atoms with Gasteiger partial charge in [-0.3, -0.25) is 0 Å². The summed E-state index contributed by atoms with van der Waals surface area (Å²) in [6.07, 6.45) is 0.247. The molecule has 0 aliphatic carbocycles. The molecule has 0 saturated carbocycles. The summed E-state index contributed by atoms with van der Waals surface area (Å²) in [7, 11) is 1.62. The fourth-order valence-corrected chi connectivity index (χ4v) is 2.16. The molecule has 0 bridgehead atoms. The lowest BCUT2D eigenvalue weighted by molar-refractivity contribution is 0.191. The van der Waals surface area contributed by atoms with E-state index in [4.69, 9.17) is 9.26 Å². The number of benzene rings is 1. The number of aliphatic hydroxyl groups excluding tert-OH is 1. The summed E-state index contributed by atoms with van der Waals surface area (Å²) >= 11 is 0. The molecule has 2 atom stereocenters. The van der Waals surface area contributed by atoms with Gasteiger partial charge in [-0.1, -0.05) is 17.3 Å². The van der Waals surface area contributed by atoms with Crippen LogP contribution in [0.3, 0.4) is 0 Å². The first-order valence-electron chi connectivity index (χ1n) is 6.16. The van der Waals surface area contributed by atoms with Crippen molar-refractivity contribution < 1.29 is 14.4 Å². The lowest BCUT2D eigenvalue weighted by Crippen LogP contribution is -2.15. The van der Waals surface area contributed by atoms with Gasteiger partial charge in [0.2, 0.25) is 11.7 Å². The maximum absolute atomic E-state index is 9.48. The van der Waals surface area contributed by atoms with Crippen molar-refractivity contribution >= 4 is 12.4 Å². The predicted octanol–water partition coefficient (Wildman–Crippen LogP) is 1.56. The first kappa shape index (κ1) is 14.8. The van der Waals surface area contributed by atoms with Gasteiger partial charge in [-0.2, -0.15) is 4.98 Å². The number of rotatable bonds is 3. The molecule has 1 fully saturated rings. The van der Waals surface area contributed by atoms with E-state index < -0.39 is 0 Å². The minimum atomic E-state index is -0.350. The third kappa shape index (κ3) is 2.92. The molecule has 1 aromatic heterocycles. The van der Waals surface area contributed by atoms with Crippen LogP contribution in [0.1, 0.15) is 18.4 Å². The van der Waals surface area contributed by atoms with E-state index in [9.17, 15) is 5.11 Å². The second-order valence-electron chi connectivity index (χ2n) is 4.54. The third-order valence-corrected chi connectivity index (χ3v) is 3.18. The molecule has 1 aliphatic rings. The monoisotopic (exact) mass is 297 g/mol. The molecule has 0 unspecified atom stereocenters. The lowest BCUT2D eigenvalue weighted by Gasteiger charge is -2.02. The summed E-state index contributed by atoms with van der Waals surface area (Å²) in [5.41, 5.74) is 0.841. The Hall–Kier alpha value is -1.63. The van der Waals surface area contributed by atoms with E-state index in [1.807, 2.05) is 24.3 Å². The molecular weight excluding hydrogens is 282 g/mol. The van der Waals surface area contributed by atoms with Gasteiger partial charge in [-0.05, 0) is 18.6 Å². The maximum atomic E-state index is 9.48. The number of β-amino-alcohol motifs (C(OH)–C–C–N with tert-alkyl or cyclic N) is 1. The Morgan fingerprint density at radius 3 is 3.00 bits per heavy atom. The third-order valence-electron chi connectivity index (χ3n) is 3.18. The van der Waals surface area contributed by atoms with E-state index in [0.717, 1.165) is 11.3 Å². The highest BCUT2D eigenvalue weighted by atomic mass is 35.5. The molecule has 0 radical (unpaired) electrons. The first-order chi connectivity index (χ1) is 9.26. The minimum Gasteiger partial charge on any atom is -0.497 e. The summed E-state index contributed by atoms with van der Waals surface area (Å²) in [6.45, 7) is 0.557. The molecule has 2 N–H and O–H groups in total. The van der Waals surface area contributed by atoms with Crippen molar-refractivity contribution in [3.63, 3.8) is 0 Å². The van der Waals surface area contributed by atoms with Gasteiger partial charge < -0.3 is 19.7 Å². The number of ether oxygens (including phenoxy) is 1. The Morgan fingerprint density at radius 2 is 2.30 bits per heavy atom. The van der Waals surface area contributed by atoms with Crippen molar-refractivity contribution in [1.29, 1.82) is 0 Å². The van der Waals surface area contributed by atoms with Crippen molar-refractivity contribution in [1.82, 2.24) is 15.5 Å². The van der Waals surface area contributed by atoms with Crippen LogP contribution in [0.25, 0.3) is 11.4 Å². The zero-order valence-electron chi connectivity index (χ0n) is 10.9. The number of aliphatic hydroxyl groups is 1. The Bertz CT molecular complexity index is 575. The zero-order valence-corrected chi connectivity index (χ0v) is 11.8. The van der Waals surface area contributed by atoms with Crippen LogP contribution in [0.2, 0.25) is 0 Å². The highest BCUT2D eigenvalue weighted by Gasteiger charge is 2.28. The van der Waals surface area contributed by atoms with Crippen LogP contribution in [0.5, 0.6) is 5.75 Å². The van der Waals surface area contributed by atoms with Crippen LogP contribution in [-0.4, -0.2) is 35.0 Å². The van der Waals surface area contributed by atoms with Crippen LogP contribution in [0.4, 0.5) is 0 Å². The van der Waals surface area contributed by atoms with Crippen LogP contribution in [-0.2, 0) is 0 Å². The van der Waals surface area contributed by atoms with E-state index in [1.165, 1.54) is 0 Å². The average Bonchev–Trinajstić information content (AvgIpc) is 3.07. The maximum Gasteiger partial charge on any atom is 0.244 e. The molecule has 3 rings (SSSR count). The van der Waals surface area contributed by atoms with E-state index >= 15 is 0 Å². The molecule has 0 spiro atoms. The Balaban J connectivity index is 0.00000147. The van der Waals surface area contributed by atoms with E-state index in [2.05, 4.69) is 15.5 Å². The molecule has 7 heteroatoms. The number of aromatic nitrogens is 2.